The van der Waals surface area contributed by atoms with Gasteiger partial charge in [-0.2, -0.15) is 0 Å². The van der Waals surface area contributed by atoms with Crippen molar-refractivity contribution in [1.82, 2.24) is 0 Å². The van der Waals surface area contributed by atoms with Gasteiger partial charge in [-0.05, 0) is 68.1 Å². The first-order valence-electron chi connectivity index (χ1n) is 12.5. The number of hydrogen-bond acceptors (Lipinski definition) is 4. The van der Waals surface area contributed by atoms with Gasteiger partial charge < -0.3 is 4.74 Å². The van der Waals surface area contributed by atoms with Crippen molar-refractivity contribution in [3.05, 3.63) is 11.6 Å². The molecule has 4 fully saturated rings. The first-order valence-corrected chi connectivity index (χ1v) is 12.5. The van der Waals surface area contributed by atoms with E-state index >= 15 is 0 Å². The largest absolute Gasteiger partial charge is 0.469 e. The number of allylic oxidation sites excluding steroid dienone is 2. The van der Waals surface area contributed by atoms with Crippen LogP contribution in [0.25, 0.3) is 0 Å². The number of methoxy groups -OCH3 is 1. The molecule has 0 N–H and O–H groups in total. The molecule has 0 radical (unpaired) electrons. The lowest BCUT2D eigenvalue weighted by Crippen LogP contribution is -2.67. The average molecular weight is 427 g/mol. The van der Waals surface area contributed by atoms with E-state index in [4.69, 9.17) is 4.74 Å². The van der Waals surface area contributed by atoms with Crippen molar-refractivity contribution in [1.29, 1.82) is 0 Å². The summed E-state index contributed by atoms with van der Waals surface area (Å²) in [7, 11) is 1.51. The third-order valence-corrected chi connectivity index (χ3v) is 10.7. The quantitative estimate of drug-likeness (QED) is 0.453. The lowest BCUT2D eigenvalue weighted by Gasteiger charge is -2.70. The summed E-state index contributed by atoms with van der Waals surface area (Å²) in [5, 5.41) is 0. The molecule has 31 heavy (non-hydrogen) atoms. The average Bonchev–Trinajstić information content (AvgIpc) is 2.74. The summed E-state index contributed by atoms with van der Waals surface area (Å²) >= 11 is 0. The van der Waals surface area contributed by atoms with Crippen LogP contribution in [0.15, 0.2) is 11.6 Å². The van der Waals surface area contributed by atoms with Crippen molar-refractivity contribution >= 4 is 17.5 Å². The van der Waals surface area contributed by atoms with Gasteiger partial charge in [0, 0.05) is 30.1 Å². The van der Waals surface area contributed by atoms with E-state index in [2.05, 4.69) is 33.8 Å². The molecule has 1 spiro atoms. The van der Waals surface area contributed by atoms with Crippen LogP contribution in [0.3, 0.4) is 0 Å². The van der Waals surface area contributed by atoms with E-state index in [0.717, 1.165) is 38.5 Å². The second kappa shape index (κ2) is 6.78. The maximum absolute atomic E-state index is 13.4. The Bertz CT molecular complexity index is 870. The van der Waals surface area contributed by atoms with Gasteiger partial charge in [0.2, 0.25) is 0 Å². The molecule has 4 heteroatoms. The van der Waals surface area contributed by atoms with E-state index in [9.17, 15) is 14.4 Å². The lowest BCUT2D eigenvalue weighted by atomic mass is 9.33. The van der Waals surface area contributed by atoms with Gasteiger partial charge in [0.05, 0.1) is 12.5 Å². The molecule has 2 bridgehead atoms. The van der Waals surface area contributed by atoms with Crippen LogP contribution in [0.5, 0.6) is 0 Å². The zero-order chi connectivity index (χ0) is 22.3. The van der Waals surface area contributed by atoms with Crippen LogP contribution in [0.1, 0.15) is 79.1 Å². The van der Waals surface area contributed by atoms with Crippen molar-refractivity contribution in [2.24, 2.45) is 51.8 Å². The summed E-state index contributed by atoms with van der Waals surface area (Å²) in [5.74, 6) is 1.61. The summed E-state index contributed by atoms with van der Waals surface area (Å²) in [6.45, 7) is 9.00. The Balaban J connectivity index is 1.65. The highest BCUT2D eigenvalue weighted by atomic mass is 16.5. The maximum Gasteiger partial charge on any atom is 0.311 e. The van der Waals surface area contributed by atoms with Gasteiger partial charge in [0.25, 0.3) is 0 Å². The second-order valence-electron chi connectivity index (χ2n) is 12.1. The van der Waals surface area contributed by atoms with Gasteiger partial charge in [-0.25, -0.2) is 0 Å². The SMILES string of the molecule is COC(=O)[C@]1(C)CCC[C@]2(C)C3C[C@@H]4C(C(C)C)=CC3(CCC21)[C@@H]1C(=O)CCC(=O)[C@H]41. The summed E-state index contributed by atoms with van der Waals surface area (Å²) < 4.78 is 5.30. The van der Waals surface area contributed by atoms with E-state index in [-0.39, 0.29) is 40.5 Å². The minimum absolute atomic E-state index is 0.00242. The van der Waals surface area contributed by atoms with Crippen LogP contribution in [0.2, 0.25) is 0 Å². The monoisotopic (exact) mass is 426 g/mol. The van der Waals surface area contributed by atoms with Gasteiger partial charge in [-0.15, -0.1) is 0 Å². The molecule has 0 aromatic heterocycles. The molecule has 0 aliphatic heterocycles. The number of ether oxygens (including phenoxy) is 1. The molecule has 0 aromatic carbocycles. The van der Waals surface area contributed by atoms with Crippen LogP contribution < -0.4 is 0 Å². The van der Waals surface area contributed by atoms with E-state index < -0.39 is 5.41 Å². The molecule has 6 aliphatic rings. The molecule has 6 aliphatic carbocycles. The first-order chi connectivity index (χ1) is 14.6. The van der Waals surface area contributed by atoms with E-state index in [1.165, 1.54) is 12.7 Å². The number of carbonyl (C=O) groups is 3. The van der Waals surface area contributed by atoms with Crippen molar-refractivity contribution in [2.75, 3.05) is 7.11 Å². The molecule has 3 unspecified atom stereocenters. The van der Waals surface area contributed by atoms with Gasteiger partial charge in [-0.3, -0.25) is 14.4 Å². The minimum Gasteiger partial charge on any atom is -0.469 e. The Hall–Kier alpha value is -1.45. The Labute approximate surface area is 186 Å². The number of carbonyl (C=O) groups excluding carboxylic acids is 3. The van der Waals surface area contributed by atoms with Crippen LogP contribution in [0.4, 0.5) is 0 Å². The third kappa shape index (κ3) is 2.57. The van der Waals surface area contributed by atoms with Crippen LogP contribution in [0, 0.1) is 51.8 Å². The second-order valence-corrected chi connectivity index (χ2v) is 12.1. The van der Waals surface area contributed by atoms with Crippen LogP contribution in [-0.2, 0) is 19.1 Å². The highest BCUT2D eigenvalue weighted by Gasteiger charge is 2.70. The molecular weight excluding hydrogens is 388 g/mol. The topological polar surface area (TPSA) is 60.4 Å². The summed E-state index contributed by atoms with van der Waals surface area (Å²) in [6, 6.07) is 0. The molecule has 170 valence electrons. The summed E-state index contributed by atoms with van der Waals surface area (Å²) in [6.07, 6.45) is 9.25. The number of ketones is 2. The number of Topliss-reactive ketones (excluding diaryl/α,β-unsaturated/α-hetero) is 2. The molecular formula is C27H38O4. The fourth-order valence-electron chi connectivity index (χ4n) is 9.56. The number of rotatable bonds is 2. The smallest absolute Gasteiger partial charge is 0.311 e. The van der Waals surface area contributed by atoms with Crippen molar-refractivity contribution in [3.8, 4) is 0 Å². The first kappa shape index (κ1) is 21.4. The predicted molar refractivity (Wildman–Crippen MR) is 118 cm³/mol. The van der Waals surface area contributed by atoms with Gasteiger partial charge in [0.15, 0.2) is 0 Å². The Morgan fingerprint density at radius 2 is 1.77 bits per heavy atom. The zero-order valence-corrected chi connectivity index (χ0v) is 19.8. The molecule has 4 nitrogen and oxygen atoms in total. The Morgan fingerprint density at radius 3 is 2.45 bits per heavy atom. The number of hydrogen-bond donors (Lipinski definition) is 0. The van der Waals surface area contributed by atoms with E-state index in [1.807, 2.05) is 0 Å². The van der Waals surface area contributed by atoms with Crippen LogP contribution >= 0.6 is 0 Å². The Kier molecular flexibility index (Phi) is 4.68. The van der Waals surface area contributed by atoms with Gasteiger partial charge >= 0.3 is 5.97 Å². The highest BCUT2D eigenvalue weighted by Crippen LogP contribution is 2.74. The molecule has 6 rings (SSSR count). The lowest BCUT2D eigenvalue weighted by molar-refractivity contribution is -0.201. The highest BCUT2D eigenvalue weighted by molar-refractivity contribution is 5.98. The van der Waals surface area contributed by atoms with Crippen molar-refractivity contribution in [3.63, 3.8) is 0 Å². The normalized spacial score (nSPS) is 48.6. The molecule has 0 saturated heterocycles. The zero-order valence-electron chi connectivity index (χ0n) is 19.8. The molecule has 0 amide bonds. The van der Waals surface area contributed by atoms with Crippen molar-refractivity contribution in [2.45, 2.75) is 79.1 Å². The maximum atomic E-state index is 13.4. The number of fused-ring (bicyclic) bond motifs is 1. The molecule has 0 aromatic rings. The standard InChI is InChI=1S/C27H38O4/c1-15(2)17-14-27-12-9-20-25(3,10-6-11-26(20,4)24(30)31-5)21(27)13-16(17)22-18(28)7-8-19(29)23(22)27/h14-16,20-23H,6-13H2,1-5H3/t16-,20?,21?,22+,23-,25+,26-,27?/m1/s1. The fraction of sp³-hybridized carbons (Fsp3) is 0.815. The minimum atomic E-state index is -0.448. The fourth-order valence-corrected chi connectivity index (χ4v) is 9.56. The Morgan fingerprint density at radius 1 is 1.06 bits per heavy atom. The number of esters is 1. The summed E-state index contributed by atoms with van der Waals surface area (Å²) in [4.78, 5) is 39.5. The molecule has 0 heterocycles. The third-order valence-electron chi connectivity index (χ3n) is 10.7. The van der Waals surface area contributed by atoms with Gasteiger partial charge in [-0.1, -0.05) is 38.8 Å². The molecule has 4 saturated carbocycles. The summed E-state index contributed by atoms with van der Waals surface area (Å²) in [5.41, 5.74) is 0.777. The van der Waals surface area contributed by atoms with Crippen LogP contribution in [-0.4, -0.2) is 24.6 Å². The molecule has 8 atom stereocenters. The van der Waals surface area contributed by atoms with Gasteiger partial charge in [0.1, 0.15) is 11.6 Å². The van der Waals surface area contributed by atoms with Crippen molar-refractivity contribution < 1.29 is 19.1 Å². The van der Waals surface area contributed by atoms with E-state index in [1.54, 1.807) is 0 Å². The predicted octanol–water partition coefficient (Wildman–Crippen LogP) is 5.15. The van der Waals surface area contributed by atoms with E-state index in [0.29, 0.717) is 36.2 Å².